The van der Waals surface area contributed by atoms with Crippen LogP contribution < -0.4 is 9.80 Å². The molecule has 0 spiro atoms. The van der Waals surface area contributed by atoms with Gasteiger partial charge in [-0.05, 0) is 211 Å². The van der Waals surface area contributed by atoms with E-state index in [0.717, 1.165) is 178 Å². The van der Waals surface area contributed by atoms with Gasteiger partial charge in [0.2, 0.25) is 0 Å². The maximum atomic E-state index is 6.99. The SMILES string of the molecule is c1ccc(N(c2ccc(-c3ccc(-c4ccc5ccc(-c6ccc7c(c6)oc6cccc(-c8ccccc8N(c8ccc(-c9ccc%10ccccc%10c9)cc8)c8ccccc8-n8c9ccccc9c9ccccc98)c67)cc5c4)cc3)cc2)c2ccccc2-n2c3ccccc3c3ccccc32)c(-c2cccc3oc4ccccc4c23)c1. The smallest absolute Gasteiger partial charge is 0.136 e. The van der Waals surface area contributed by atoms with Gasteiger partial charge in [-0.3, -0.25) is 0 Å². The van der Waals surface area contributed by atoms with Gasteiger partial charge < -0.3 is 27.8 Å². The summed E-state index contributed by atoms with van der Waals surface area (Å²) < 4.78 is 18.4. The van der Waals surface area contributed by atoms with Crippen LogP contribution in [0.1, 0.15) is 0 Å². The van der Waals surface area contributed by atoms with Crippen molar-refractivity contribution >= 4 is 143 Å². The molecule has 6 nitrogen and oxygen atoms in total. The van der Waals surface area contributed by atoms with Crippen molar-refractivity contribution < 1.29 is 8.83 Å². The van der Waals surface area contributed by atoms with Gasteiger partial charge in [-0.15, -0.1) is 0 Å². The minimum Gasteiger partial charge on any atom is -0.456 e. The number of fused-ring (bicyclic) bond motifs is 14. The Kier molecular flexibility index (Phi) is 15.5. The summed E-state index contributed by atoms with van der Waals surface area (Å²) in [5, 5.41) is 14.0. The number of furan rings is 2. The molecule has 19 aromatic carbocycles. The molecule has 23 rings (SSSR count). The molecule has 0 saturated carbocycles. The molecule has 116 heavy (non-hydrogen) atoms. The van der Waals surface area contributed by atoms with Crippen molar-refractivity contribution in [3.63, 3.8) is 0 Å². The second-order valence-electron chi connectivity index (χ2n) is 30.2. The Morgan fingerprint density at radius 1 is 0.181 bits per heavy atom. The van der Waals surface area contributed by atoms with E-state index in [0.29, 0.717) is 0 Å². The van der Waals surface area contributed by atoms with Crippen LogP contribution in [0.15, 0.2) is 433 Å². The van der Waals surface area contributed by atoms with Crippen LogP contribution in [0, 0.1) is 0 Å². The molecule has 4 aromatic heterocycles. The third-order valence-corrected chi connectivity index (χ3v) is 23.7. The Morgan fingerprint density at radius 2 is 0.491 bits per heavy atom. The van der Waals surface area contributed by atoms with Gasteiger partial charge in [0.25, 0.3) is 0 Å². The van der Waals surface area contributed by atoms with Gasteiger partial charge in [0.05, 0.1) is 56.2 Å². The average Bonchev–Trinajstić information content (AvgIpc) is 1.51. The summed E-state index contributed by atoms with van der Waals surface area (Å²) in [6.45, 7) is 0. The lowest BCUT2D eigenvalue weighted by Crippen LogP contribution is -2.14. The number of anilines is 6. The van der Waals surface area contributed by atoms with E-state index in [1.807, 2.05) is 6.07 Å². The van der Waals surface area contributed by atoms with E-state index < -0.39 is 0 Å². The van der Waals surface area contributed by atoms with Gasteiger partial charge in [-0.25, -0.2) is 0 Å². The fraction of sp³-hybridized carbons (Fsp3) is 0. The fourth-order valence-corrected chi connectivity index (χ4v) is 18.3. The van der Waals surface area contributed by atoms with Crippen molar-refractivity contribution in [1.29, 1.82) is 0 Å². The number of benzene rings is 19. The number of nitrogens with zero attached hydrogens (tertiary/aromatic N) is 4. The molecular weight excluding hydrogens is 1410 g/mol. The molecule has 4 heterocycles. The minimum atomic E-state index is 0.833. The van der Waals surface area contributed by atoms with Gasteiger partial charge >= 0.3 is 0 Å². The Labute approximate surface area is 669 Å². The average molecular weight is 1480 g/mol. The van der Waals surface area contributed by atoms with E-state index in [1.54, 1.807) is 0 Å². The van der Waals surface area contributed by atoms with Crippen LogP contribution in [-0.2, 0) is 0 Å². The number of aromatic nitrogens is 2. The summed E-state index contributed by atoms with van der Waals surface area (Å²) in [6.07, 6.45) is 0. The first-order chi connectivity index (χ1) is 57.5. The lowest BCUT2D eigenvalue weighted by Gasteiger charge is -2.30. The molecule has 6 heteroatoms. The zero-order chi connectivity index (χ0) is 76.3. The first-order valence-corrected chi connectivity index (χ1v) is 39.7. The third kappa shape index (κ3) is 10.9. The van der Waals surface area contributed by atoms with Crippen LogP contribution in [0.2, 0.25) is 0 Å². The van der Waals surface area contributed by atoms with E-state index in [-0.39, 0.29) is 0 Å². The maximum Gasteiger partial charge on any atom is 0.136 e. The summed E-state index contributed by atoms with van der Waals surface area (Å²) in [5.74, 6) is 0. The van der Waals surface area contributed by atoms with Crippen LogP contribution in [0.5, 0.6) is 0 Å². The predicted octanol–water partition coefficient (Wildman–Crippen LogP) is 30.9. The number of rotatable bonds is 14. The van der Waals surface area contributed by atoms with E-state index in [4.69, 9.17) is 8.83 Å². The van der Waals surface area contributed by atoms with Crippen molar-refractivity contribution in [1.82, 2.24) is 9.13 Å². The Hall–Kier alpha value is -15.5. The normalized spacial score (nSPS) is 11.8. The summed E-state index contributed by atoms with van der Waals surface area (Å²) >= 11 is 0. The lowest BCUT2D eigenvalue weighted by molar-refractivity contribution is 0.668. The largest absolute Gasteiger partial charge is 0.456 e. The highest BCUT2D eigenvalue weighted by Gasteiger charge is 2.28. The van der Waals surface area contributed by atoms with Crippen molar-refractivity contribution in [2.45, 2.75) is 0 Å². The molecule has 0 unspecified atom stereocenters. The first kappa shape index (κ1) is 66.3. The predicted molar refractivity (Wildman–Crippen MR) is 487 cm³/mol. The van der Waals surface area contributed by atoms with Gasteiger partial charge in [-0.2, -0.15) is 0 Å². The lowest BCUT2D eigenvalue weighted by atomic mass is 9.95. The van der Waals surface area contributed by atoms with Gasteiger partial charge in [0.1, 0.15) is 22.3 Å². The monoisotopic (exact) mass is 1480 g/mol. The Balaban J connectivity index is 0.576. The molecule has 0 amide bonds. The molecule has 0 aliphatic carbocycles. The molecular formula is C110H70N4O2. The zero-order valence-corrected chi connectivity index (χ0v) is 63.0. The van der Waals surface area contributed by atoms with Crippen LogP contribution in [0.4, 0.5) is 34.1 Å². The van der Waals surface area contributed by atoms with E-state index in [2.05, 4.69) is 438 Å². The first-order valence-electron chi connectivity index (χ1n) is 39.7. The van der Waals surface area contributed by atoms with Crippen molar-refractivity contribution in [3.05, 3.63) is 425 Å². The molecule has 0 radical (unpaired) electrons. The maximum absolute atomic E-state index is 6.99. The van der Waals surface area contributed by atoms with Crippen LogP contribution >= 0.6 is 0 Å². The molecule has 0 aliphatic heterocycles. The summed E-state index contributed by atoms with van der Waals surface area (Å²) in [6, 6.07) is 155. The molecule has 23 aromatic rings. The molecule has 0 saturated heterocycles. The highest BCUT2D eigenvalue weighted by Crippen LogP contribution is 2.51. The number of hydrogen-bond acceptors (Lipinski definition) is 4. The summed E-state index contributed by atoms with van der Waals surface area (Å²) in [7, 11) is 0. The molecule has 542 valence electrons. The highest BCUT2D eigenvalue weighted by molar-refractivity contribution is 6.17. The van der Waals surface area contributed by atoms with Crippen LogP contribution in [-0.4, -0.2) is 9.13 Å². The highest BCUT2D eigenvalue weighted by atomic mass is 16.3. The van der Waals surface area contributed by atoms with E-state index in [9.17, 15) is 0 Å². The second-order valence-corrected chi connectivity index (χ2v) is 30.2. The Morgan fingerprint density at radius 3 is 0.983 bits per heavy atom. The number of hydrogen-bond donors (Lipinski definition) is 0. The standard InChI is InChI=1S/C110H70N4O2/c1-2-24-77-67-78(54-51-71(77)23-1)75-59-64-84(65-60-75)112(102-41-17-19-43-104(102)114-99-38-14-5-27-87(99)88-28-6-15-39-100(88)114)96-35-11-8-30-90(96)92-33-22-46-107-110(92)94-66-61-81(70-108(94)116-107)80-56-53-76-52-55-79(68-82(76)69-80)74-49-47-72(48-50-74)73-57-62-83(63-58-73)111(95-34-10-7-29-89(95)91-32-21-45-106-109(91)93-31-9-20-44-105(93)115-106)101-40-16-18-42-103(101)113-97-36-12-3-25-85(97)86-26-4-13-37-98(86)113/h1-70H. The van der Waals surface area contributed by atoms with Gasteiger partial charge in [-0.1, -0.05) is 291 Å². The minimum absolute atomic E-state index is 0.833. The van der Waals surface area contributed by atoms with Gasteiger partial charge in [0, 0.05) is 65.6 Å². The van der Waals surface area contributed by atoms with Crippen LogP contribution in [0.3, 0.4) is 0 Å². The van der Waals surface area contributed by atoms with Crippen molar-refractivity contribution in [2.24, 2.45) is 0 Å². The van der Waals surface area contributed by atoms with Crippen molar-refractivity contribution in [2.75, 3.05) is 9.80 Å². The summed E-state index contributed by atoms with van der Waals surface area (Å²) in [4.78, 5) is 4.89. The van der Waals surface area contributed by atoms with Crippen LogP contribution in [0.25, 0.3) is 187 Å². The third-order valence-electron chi connectivity index (χ3n) is 23.7. The molecule has 0 atom stereocenters. The molecule has 0 bridgehead atoms. The molecule has 0 N–H and O–H groups in total. The quantitative estimate of drug-likeness (QED) is 0.109. The fourth-order valence-electron chi connectivity index (χ4n) is 18.3. The molecule has 0 fully saturated rings. The topological polar surface area (TPSA) is 42.6 Å². The van der Waals surface area contributed by atoms with Crippen molar-refractivity contribution in [3.8, 4) is 78.1 Å². The van der Waals surface area contributed by atoms with E-state index in [1.165, 1.54) is 43.3 Å². The zero-order valence-electron chi connectivity index (χ0n) is 63.0. The van der Waals surface area contributed by atoms with E-state index >= 15 is 0 Å². The number of para-hydroxylation sites is 11. The molecule has 0 aliphatic rings. The Bertz CT molecular complexity index is 7740. The summed E-state index contributed by atoms with van der Waals surface area (Å²) in [5.41, 5.74) is 29.9. The van der Waals surface area contributed by atoms with Gasteiger partial charge in [0.15, 0.2) is 0 Å². The second kappa shape index (κ2) is 27.2.